The number of amides is 1. The largest absolute Gasteiger partial charge is 0.325 e. The van der Waals surface area contributed by atoms with Gasteiger partial charge in [0.1, 0.15) is 5.75 Å². The van der Waals surface area contributed by atoms with Crippen molar-refractivity contribution in [1.82, 2.24) is 4.98 Å². The van der Waals surface area contributed by atoms with E-state index in [1.165, 1.54) is 0 Å². The summed E-state index contributed by atoms with van der Waals surface area (Å²) in [7, 11) is -3.56. The van der Waals surface area contributed by atoms with Gasteiger partial charge in [-0.3, -0.25) is 9.78 Å². The zero-order chi connectivity index (χ0) is 17.9. The number of nitrogens with zero attached hydrogens (tertiary/aromatic N) is 1. The predicted molar refractivity (Wildman–Crippen MR) is 102 cm³/mol. The van der Waals surface area contributed by atoms with E-state index in [9.17, 15) is 13.2 Å². The van der Waals surface area contributed by atoms with Crippen molar-refractivity contribution in [2.24, 2.45) is 0 Å². The molecule has 0 saturated heterocycles. The Morgan fingerprint density at radius 3 is 2.72 bits per heavy atom. The molecule has 1 N–H and O–H groups in total. The standard InChI is InChI=1S/C18H15BrN2O3S/c19-15-5-1-3-13(9-15)11-25(23,24)12-18(22)21-16-6-7-17-14(10-16)4-2-8-20-17/h1-10H,11-12H2,(H,21,22). The van der Waals surface area contributed by atoms with Crippen LogP contribution >= 0.6 is 15.9 Å². The quantitative estimate of drug-likeness (QED) is 0.687. The zero-order valence-corrected chi connectivity index (χ0v) is 15.5. The van der Waals surface area contributed by atoms with E-state index in [1.54, 1.807) is 48.7 Å². The highest BCUT2D eigenvalue weighted by Crippen LogP contribution is 2.18. The van der Waals surface area contributed by atoms with Gasteiger partial charge in [0.15, 0.2) is 9.84 Å². The lowest BCUT2D eigenvalue weighted by molar-refractivity contribution is -0.113. The summed E-state index contributed by atoms with van der Waals surface area (Å²) in [5, 5.41) is 3.50. The van der Waals surface area contributed by atoms with E-state index in [4.69, 9.17) is 0 Å². The molecule has 0 atom stereocenters. The molecular weight excluding hydrogens is 404 g/mol. The maximum atomic E-state index is 12.2. The van der Waals surface area contributed by atoms with E-state index in [2.05, 4.69) is 26.2 Å². The van der Waals surface area contributed by atoms with Gasteiger partial charge in [0, 0.05) is 21.7 Å². The first-order valence-electron chi connectivity index (χ1n) is 7.51. The molecule has 0 bridgehead atoms. The van der Waals surface area contributed by atoms with Gasteiger partial charge in [-0.05, 0) is 42.0 Å². The average Bonchev–Trinajstić information content (AvgIpc) is 2.53. The molecule has 25 heavy (non-hydrogen) atoms. The van der Waals surface area contributed by atoms with Crippen molar-refractivity contribution in [3.63, 3.8) is 0 Å². The minimum Gasteiger partial charge on any atom is -0.325 e. The lowest BCUT2D eigenvalue weighted by Gasteiger charge is -2.08. The van der Waals surface area contributed by atoms with Crippen LogP contribution in [0.4, 0.5) is 5.69 Å². The maximum Gasteiger partial charge on any atom is 0.239 e. The second-order valence-electron chi connectivity index (χ2n) is 5.62. The number of sulfone groups is 1. The first-order chi connectivity index (χ1) is 11.9. The van der Waals surface area contributed by atoms with Crippen LogP contribution in [0.15, 0.2) is 65.3 Å². The monoisotopic (exact) mass is 418 g/mol. The Morgan fingerprint density at radius 2 is 1.92 bits per heavy atom. The van der Waals surface area contributed by atoms with Crippen molar-refractivity contribution in [1.29, 1.82) is 0 Å². The van der Waals surface area contributed by atoms with Gasteiger partial charge in [0.2, 0.25) is 5.91 Å². The Bertz CT molecular complexity index is 1040. The number of hydrogen-bond acceptors (Lipinski definition) is 4. The van der Waals surface area contributed by atoms with Crippen LogP contribution in [0.25, 0.3) is 10.9 Å². The SMILES string of the molecule is O=C(CS(=O)(=O)Cc1cccc(Br)c1)Nc1ccc2ncccc2c1. The summed E-state index contributed by atoms with van der Waals surface area (Å²) in [6.07, 6.45) is 1.69. The summed E-state index contributed by atoms with van der Waals surface area (Å²) >= 11 is 3.31. The molecule has 0 aliphatic carbocycles. The molecule has 5 nitrogen and oxygen atoms in total. The fraction of sp³-hybridized carbons (Fsp3) is 0.111. The number of benzene rings is 2. The summed E-state index contributed by atoms with van der Waals surface area (Å²) in [6, 6.07) is 16.0. The van der Waals surface area contributed by atoms with Crippen molar-refractivity contribution in [2.45, 2.75) is 5.75 Å². The van der Waals surface area contributed by atoms with E-state index in [0.717, 1.165) is 15.4 Å². The summed E-state index contributed by atoms with van der Waals surface area (Å²) in [5.74, 6) is -1.30. The van der Waals surface area contributed by atoms with Gasteiger partial charge in [0.05, 0.1) is 11.3 Å². The maximum absolute atomic E-state index is 12.2. The Kier molecular flexibility index (Phi) is 5.15. The first kappa shape index (κ1) is 17.6. The number of nitrogens with one attached hydrogen (secondary N) is 1. The first-order valence-corrected chi connectivity index (χ1v) is 10.1. The number of carbonyl (C=O) groups excluding carboxylic acids is 1. The van der Waals surface area contributed by atoms with Crippen molar-refractivity contribution in [3.05, 3.63) is 70.8 Å². The topological polar surface area (TPSA) is 76.1 Å². The number of fused-ring (bicyclic) bond motifs is 1. The van der Waals surface area contributed by atoms with Crippen LogP contribution in [0.3, 0.4) is 0 Å². The van der Waals surface area contributed by atoms with Crippen LogP contribution in [-0.4, -0.2) is 25.1 Å². The number of anilines is 1. The van der Waals surface area contributed by atoms with Gasteiger partial charge in [-0.1, -0.05) is 34.1 Å². The molecule has 0 saturated carbocycles. The molecule has 0 spiro atoms. The lowest BCUT2D eigenvalue weighted by Crippen LogP contribution is -2.23. The summed E-state index contributed by atoms with van der Waals surface area (Å²) < 4.78 is 25.3. The van der Waals surface area contributed by atoms with Crippen LogP contribution in [0.2, 0.25) is 0 Å². The molecule has 1 aromatic heterocycles. The smallest absolute Gasteiger partial charge is 0.239 e. The van der Waals surface area contributed by atoms with Gasteiger partial charge in [0.25, 0.3) is 0 Å². The fourth-order valence-corrected chi connectivity index (χ4v) is 4.19. The highest BCUT2D eigenvalue weighted by molar-refractivity contribution is 9.10. The van der Waals surface area contributed by atoms with Crippen LogP contribution in [-0.2, 0) is 20.4 Å². The third-order valence-corrected chi connectivity index (χ3v) is 5.48. The molecule has 0 radical (unpaired) electrons. The summed E-state index contributed by atoms with van der Waals surface area (Å²) in [4.78, 5) is 16.3. The van der Waals surface area contributed by atoms with Crippen LogP contribution in [0.5, 0.6) is 0 Å². The van der Waals surface area contributed by atoms with E-state index in [1.807, 2.05) is 12.1 Å². The van der Waals surface area contributed by atoms with Gasteiger partial charge in [-0.15, -0.1) is 0 Å². The van der Waals surface area contributed by atoms with Crippen LogP contribution in [0, 0.1) is 0 Å². The Hall–Kier alpha value is -2.25. The van der Waals surface area contributed by atoms with Crippen LogP contribution < -0.4 is 5.32 Å². The predicted octanol–water partition coefficient (Wildman–Crippen LogP) is 3.55. The van der Waals surface area contributed by atoms with Gasteiger partial charge < -0.3 is 5.32 Å². The molecule has 0 aliphatic heterocycles. The van der Waals surface area contributed by atoms with Crippen molar-refractivity contribution >= 4 is 48.3 Å². The second-order valence-corrected chi connectivity index (χ2v) is 8.60. The number of aromatic nitrogens is 1. The Balaban J connectivity index is 1.68. The molecule has 0 aliphatic rings. The van der Waals surface area contributed by atoms with Crippen molar-refractivity contribution < 1.29 is 13.2 Å². The van der Waals surface area contributed by atoms with Gasteiger partial charge in [-0.25, -0.2) is 8.42 Å². The highest BCUT2D eigenvalue weighted by Gasteiger charge is 2.18. The van der Waals surface area contributed by atoms with E-state index in [0.29, 0.717) is 11.3 Å². The molecule has 7 heteroatoms. The second kappa shape index (κ2) is 7.33. The number of halogens is 1. The minimum absolute atomic E-state index is 0.179. The van der Waals surface area contributed by atoms with Gasteiger partial charge >= 0.3 is 0 Å². The fourth-order valence-electron chi connectivity index (χ4n) is 2.48. The average molecular weight is 419 g/mol. The van der Waals surface area contributed by atoms with Gasteiger partial charge in [-0.2, -0.15) is 0 Å². The Labute approximate surface area is 154 Å². The van der Waals surface area contributed by atoms with E-state index < -0.39 is 21.5 Å². The number of hydrogen-bond donors (Lipinski definition) is 1. The van der Waals surface area contributed by atoms with Crippen LogP contribution in [0.1, 0.15) is 5.56 Å². The third-order valence-electron chi connectivity index (χ3n) is 3.51. The number of rotatable bonds is 5. The van der Waals surface area contributed by atoms with Crippen molar-refractivity contribution in [3.8, 4) is 0 Å². The molecule has 1 heterocycles. The Morgan fingerprint density at radius 1 is 1.08 bits per heavy atom. The molecule has 2 aromatic carbocycles. The molecule has 0 unspecified atom stereocenters. The third kappa shape index (κ3) is 4.87. The summed E-state index contributed by atoms with van der Waals surface area (Å²) in [5.41, 5.74) is 1.99. The highest BCUT2D eigenvalue weighted by atomic mass is 79.9. The molecule has 0 fully saturated rings. The van der Waals surface area contributed by atoms with E-state index in [-0.39, 0.29) is 5.75 Å². The minimum atomic E-state index is -3.56. The molecule has 3 rings (SSSR count). The normalized spacial score (nSPS) is 11.4. The lowest BCUT2D eigenvalue weighted by atomic mass is 10.2. The number of pyridine rings is 1. The molecular formula is C18H15BrN2O3S. The van der Waals surface area contributed by atoms with Crippen molar-refractivity contribution in [2.75, 3.05) is 11.1 Å². The van der Waals surface area contributed by atoms with E-state index >= 15 is 0 Å². The molecule has 3 aromatic rings. The summed E-state index contributed by atoms with van der Waals surface area (Å²) in [6.45, 7) is 0. The zero-order valence-electron chi connectivity index (χ0n) is 13.1. The number of carbonyl (C=O) groups is 1. The molecule has 128 valence electrons. The molecule has 1 amide bonds.